The first-order chi connectivity index (χ1) is 22.1. The summed E-state index contributed by atoms with van der Waals surface area (Å²) in [5, 5.41) is 5.50. The van der Waals surface area contributed by atoms with Crippen molar-refractivity contribution >= 4 is 23.2 Å². The van der Waals surface area contributed by atoms with Gasteiger partial charge >= 0.3 is 0 Å². The van der Waals surface area contributed by atoms with Crippen molar-refractivity contribution in [1.29, 1.82) is 0 Å². The van der Waals surface area contributed by atoms with Crippen molar-refractivity contribution in [3.63, 3.8) is 0 Å². The lowest BCUT2D eigenvalue weighted by Crippen LogP contribution is -2.50. The van der Waals surface area contributed by atoms with Crippen molar-refractivity contribution in [2.45, 2.75) is 6.04 Å². The molecule has 1 amide bonds. The monoisotopic (exact) mass is 613 g/mol. The number of ether oxygens (including phenoxy) is 1. The second-order valence-electron chi connectivity index (χ2n) is 11.1. The van der Waals surface area contributed by atoms with Crippen LogP contribution in [0.5, 0.6) is 5.75 Å². The zero-order chi connectivity index (χ0) is 30.8. The number of fused-ring (bicyclic) bond motifs is 1. The minimum absolute atomic E-state index is 0.0834. The van der Waals surface area contributed by atoms with E-state index in [9.17, 15) is 4.79 Å². The number of halogens is 1. The van der Waals surface area contributed by atoms with Crippen molar-refractivity contribution in [3.8, 4) is 28.3 Å². The molecule has 0 aliphatic carbocycles. The quantitative estimate of drug-likeness (QED) is 0.189. The highest BCUT2D eigenvalue weighted by molar-refractivity contribution is 6.30. The fourth-order valence-corrected chi connectivity index (χ4v) is 6.24. The molecule has 1 aliphatic rings. The predicted octanol–water partition coefficient (Wildman–Crippen LogP) is 7.27. The second kappa shape index (κ2) is 12.6. The highest BCUT2D eigenvalue weighted by Gasteiger charge is 2.30. The van der Waals surface area contributed by atoms with Crippen LogP contribution in [-0.4, -0.2) is 63.6 Å². The molecule has 2 aromatic heterocycles. The standard InChI is InChI=1S/C37H32ClN5O2/c1-45-34-15-9-8-14-30(34)32-24-33(43-35(39-32)25-31(40-43)26-16-18-29(38)19-17-26)37(44)42-22-20-41(21-23-42)36(27-10-4-2-5-11-27)28-12-6-3-7-13-28/h2-19,24-25,36H,20-23H2,1H3. The first-order valence-corrected chi connectivity index (χ1v) is 15.4. The molecule has 1 saturated heterocycles. The smallest absolute Gasteiger partial charge is 0.272 e. The largest absolute Gasteiger partial charge is 0.496 e. The summed E-state index contributed by atoms with van der Waals surface area (Å²) >= 11 is 6.14. The van der Waals surface area contributed by atoms with Gasteiger partial charge in [0.25, 0.3) is 5.91 Å². The fraction of sp³-hybridized carbons (Fsp3) is 0.162. The van der Waals surface area contributed by atoms with E-state index in [1.165, 1.54) is 11.1 Å². The number of amides is 1. The molecule has 224 valence electrons. The van der Waals surface area contributed by atoms with E-state index >= 15 is 0 Å². The Hall–Kier alpha value is -4.98. The van der Waals surface area contributed by atoms with Crippen LogP contribution < -0.4 is 4.74 Å². The number of carbonyl (C=O) groups excluding carboxylic acids is 1. The molecule has 0 bridgehead atoms. The van der Waals surface area contributed by atoms with Crippen LogP contribution in [0, 0.1) is 0 Å². The summed E-state index contributed by atoms with van der Waals surface area (Å²) < 4.78 is 7.31. The Labute approximate surface area is 267 Å². The first kappa shape index (κ1) is 28.8. The van der Waals surface area contributed by atoms with Gasteiger partial charge < -0.3 is 9.64 Å². The third kappa shape index (κ3) is 5.80. The van der Waals surface area contributed by atoms with E-state index in [4.69, 9.17) is 26.4 Å². The molecule has 45 heavy (non-hydrogen) atoms. The van der Waals surface area contributed by atoms with Crippen LogP contribution in [0.2, 0.25) is 5.02 Å². The fourth-order valence-electron chi connectivity index (χ4n) is 6.11. The Bertz CT molecular complexity index is 1900. The van der Waals surface area contributed by atoms with Crippen LogP contribution in [0.15, 0.2) is 121 Å². The average molecular weight is 614 g/mol. The molecule has 3 heterocycles. The number of carbonyl (C=O) groups is 1. The number of para-hydroxylation sites is 1. The summed E-state index contributed by atoms with van der Waals surface area (Å²) in [6.07, 6.45) is 0. The average Bonchev–Trinajstić information content (AvgIpc) is 3.54. The third-order valence-corrected chi connectivity index (χ3v) is 8.62. The number of hydrogen-bond acceptors (Lipinski definition) is 5. The molecule has 0 atom stereocenters. The Balaban J connectivity index is 1.23. The van der Waals surface area contributed by atoms with Gasteiger partial charge in [-0.1, -0.05) is 96.5 Å². The van der Waals surface area contributed by atoms with Gasteiger partial charge in [0.05, 0.1) is 24.5 Å². The molecule has 1 aliphatic heterocycles. The van der Waals surface area contributed by atoms with Gasteiger partial charge in [-0.25, -0.2) is 9.50 Å². The van der Waals surface area contributed by atoms with Crippen molar-refractivity contribution in [1.82, 2.24) is 24.4 Å². The lowest BCUT2D eigenvalue weighted by molar-refractivity contribution is 0.0589. The van der Waals surface area contributed by atoms with E-state index in [1.54, 1.807) is 11.6 Å². The number of methoxy groups -OCH3 is 1. The van der Waals surface area contributed by atoms with Crippen LogP contribution in [-0.2, 0) is 0 Å². The van der Waals surface area contributed by atoms with Crippen LogP contribution in [0.25, 0.3) is 28.2 Å². The molecule has 8 heteroatoms. The maximum absolute atomic E-state index is 14.3. The number of nitrogens with zero attached hydrogens (tertiary/aromatic N) is 5. The summed E-state index contributed by atoms with van der Waals surface area (Å²) in [6.45, 7) is 2.66. The van der Waals surface area contributed by atoms with E-state index in [2.05, 4.69) is 53.4 Å². The van der Waals surface area contributed by atoms with Gasteiger partial charge in [-0.3, -0.25) is 9.69 Å². The van der Waals surface area contributed by atoms with Gasteiger partial charge in [0.15, 0.2) is 5.65 Å². The zero-order valence-corrected chi connectivity index (χ0v) is 25.6. The third-order valence-electron chi connectivity index (χ3n) is 8.37. The van der Waals surface area contributed by atoms with E-state index in [0.29, 0.717) is 46.6 Å². The van der Waals surface area contributed by atoms with Crippen LogP contribution >= 0.6 is 11.6 Å². The Kier molecular flexibility index (Phi) is 8.03. The maximum atomic E-state index is 14.3. The number of aromatic nitrogens is 3. The SMILES string of the molecule is COc1ccccc1-c1cc(C(=O)N2CCN(C(c3ccccc3)c3ccccc3)CC2)n2nc(-c3ccc(Cl)cc3)cc2n1. The topological polar surface area (TPSA) is 63.0 Å². The van der Waals surface area contributed by atoms with Crippen LogP contribution in [0.3, 0.4) is 0 Å². The Morgan fingerprint density at radius 2 is 1.38 bits per heavy atom. The van der Waals surface area contributed by atoms with E-state index < -0.39 is 0 Å². The summed E-state index contributed by atoms with van der Waals surface area (Å²) in [5.74, 6) is 0.603. The molecular weight excluding hydrogens is 582 g/mol. The summed E-state index contributed by atoms with van der Waals surface area (Å²) in [4.78, 5) is 23.6. The van der Waals surface area contributed by atoms with E-state index in [-0.39, 0.29) is 11.9 Å². The summed E-state index contributed by atoms with van der Waals surface area (Å²) in [5.41, 5.74) is 6.59. The van der Waals surface area contributed by atoms with Crippen LogP contribution in [0.1, 0.15) is 27.7 Å². The second-order valence-corrected chi connectivity index (χ2v) is 11.5. The van der Waals surface area contributed by atoms with Crippen molar-refractivity contribution in [2.24, 2.45) is 0 Å². The zero-order valence-electron chi connectivity index (χ0n) is 24.9. The lowest BCUT2D eigenvalue weighted by atomic mass is 9.96. The molecule has 0 spiro atoms. The van der Waals surface area contributed by atoms with Gasteiger partial charge in [0.2, 0.25) is 0 Å². The molecule has 7 nitrogen and oxygen atoms in total. The van der Waals surface area contributed by atoms with E-state index in [1.807, 2.05) is 77.7 Å². The van der Waals surface area contributed by atoms with Gasteiger partial charge in [-0.05, 0) is 41.5 Å². The Morgan fingerprint density at radius 1 is 0.756 bits per heavy atom. The molecule has 4 aromatic carbocycles. The maximum Gasteiger partial charge on any atom is 0.272 e. The molecule has 0 radical (unpaired) electrons. The van der Waals surface area contributed by atoms with Gasteiger partial charge in [-0.2, -0.15) is 5.10 Å². The molecule has 0 saturated carbocycles. The minimum atomic E-state index is -0.0834. The number of rotatable bonds is 7. The van der Waals surface area contributed by atoms with Crippen LogP contribution in [0.4, 0.5) is 0 Å². The van der Waals surface area contributed by atoms with Gasteiger partial charge in [-0.15, -0.1) is 0 Å². The van der Waals surface area contributed by atoms with Gasteiger partial charge in [0.1, 0.15) is 11.4 Å². The predicted molar refractivity (Wildman–Crippen MR) is 178 cm³/mol. The molecular formula is C37H32ClN5O2. The van der Waals surface area contributed by atoms with Crippen molar-refractivity contribution < 1.29 is 9.53 Å². The van der Waals surface area contributed by atoms with Crippen molar-refractivity contribution in [3.05, 3.63) is 143 Å². The van der Waals surface area contributed by atoms with Crippen molar-refractivity contribution in [2.75, 3.05) is 33.3 Å². The lowest BCUT2D eigenvalue weighted by Gasteiger charge is -2.39. The summed E-state index contributed by atoms with van der Waals surface area (Å²) in [7, 11) is 1.64. The summed E-state index contributed by atoms with van der Waals surface area (Å²) in [6, 6.07) is 40.2. The normalized spacial score (nSPS) is 13.8. The number of benzene rings is 4. The highest BCUT2D eigenvalue weighted by Crippen LogP contribution is 2.32. The Morgan fingerprint density at radius 3 is 2.02 bits per heavy atom. The van der Waals surface area contributed by atoms with Gasteiger partial charge in [0, 0.05) is 48.4 Å². The molecule has 6 aromatic rings. The number of piperazine rings is 1. The molecule has 1 fully saturated rings. The first-order valence-electron chi connectivity index (χ1n) is 15.0. The van der Waals surface area contributed by atoms with E-state index in [0.717, 1.165) is 24.2 Å². The molecule has 0 unspecified atom stereocenters. The molecule has 7 rings (SSSR count). The molecule has 0 N–H and O–H groups in total. The number of hydrogen-bond donors (Lipinski definition) is 0. The highest BCUT2D eigenvalue weighted by atomic mass is 35.5. The minimum Gasteiger partial charge on any atom is -0.496 e.